The summed E-state index contributed by atoms with van der Waals surface area (Å²) in [6.07, 6.45) is -0.0531. The molecule has 122 valence electrons. The summed E-state index contributed by atoms with van der Waals surface area (Å²) < 4.78 is 10.4. The molecule has 23 heavy (non-hydrogen) atoms. The van der Waals surface area contributed by atoms with Gasteiger partial charge in [0, 0.05) is 6.54 Å². The molecule has 6 nitrogen and oxygen atoms in total. The number of rotatable bonds is 3. The fourth-order valence-electron chi connectivity index (χ4n) is 2.46. The van der Waals surface area contributed by atoms with Crippen LogP contribution in [0.4, 0.5) is 0 Å². The van der Waals surface area contributed by atoms with Gasteiger partial charge in [0.05, 0.1) is 29.6 Å². The molecule has 0 radical (unpaired) electrons. The second-order valence-corrected chi connectivity index (χ2v) is 6.16. The van der Waals surface area contributed by atoms with Crippen molar-refractivity contribution in [1.82, 2.24) is 15.2 Å². The lowest BCUT2D eigenvalue weighted by Gasteiger charge is -2.33. The van der Waals surface area contributed by atoms with Gasteiger partial charge in [-0.25, -0.2) is 4.63 Å². The number of hydrogen-bond donors (Lipinski definition) is 0. The van der Waals surface area contributed by atoms with Gasteiger partial charge in [-0.2, -0.15) is 0 Å². The number of amides is 1. The fourth-order valence-corrected chi connectivity index (χ4v) is 2.76. The van der Waals surface area contributed by atoms with Crippen LogP contribution in [0.25, 0.3) is 0 Å². The Morgan fingerprint density at radius 2 is 2.17 bits per heavy atom. The molecule has 1 aliphatic heterocycles. The zero-order valence-electron chi connectivity index (χ0n) is 12.5. The van der Waals surface area contributed by atoms with Crippen molar-refractivity contribution in [2.75, 3.05) is 19.7 Å². The Morgan fingerprint density at radius 3 is 2.87 bits per heavy atom. The average molecular weight is 356 g/mol. The Kier molecular flexibility index (Phi) is 4.84. The van der Waals surface area contributed by atoms with E-state index in [0.29, 0.717) is 41.1 Å². The number of ether oxygens (including phenoxy) is 1. The molecule has 2 aromatic rings. The van der Waals surface area contributed by atoms with Crippen LogP contribution in [0.1, 0.15) is 23.1 Å². The van der Waals surface area contributed by atoms with Gasteiger partial charge < -0.3 is 9.64 Å². The second kappa shape index (κ2) is 6.86. The van der Waals surface area contributed by atoms with Crippen LogP contribution in [0.2, 0.25) is 10.0 Å². The Morgan fingerprint density at radius 1 is 1.35 bits per heavy atom. The zero-order chi connectivity index (χ0) is 16.4. The van der Waals surface area contributed by atoms with Crippen LogP contribution >= 0.6 is 23.2 Å². The van der Waals surface area contributed by atoms with Gasteiger partial charge >= 0.3 is 0 Å². The first-order valence-corrected chi connectivity index (χ1v) is 7.92. The van der Waals surface area contributed by atoms with Gasteiger partial charge in [-0.1, -0.05) is 39.6 Å². The molecule has 8 heteroatoms. The van der Waals surface area contributed by atoms with E-state index in [1.165, 1.54) is 0 Å². The van der Waals surface area contributed by atoms with Crippen molar-refractivity contribution in [3.8, 4) is 0 Å². The van der Waals surface area contributed by atoms with E-state index in [4.69, 9.17) is 27.9 Å². The van der Waals surface area contributed by atoms with Gasteiger partial charge in [0.25, 0.3) is 0 Å². The number of aryl methyl sites for hydroxylation is 1. The molecule has 2 heterocycles. The highest BCUT2D eigenvalue weighted by atomic mass is 35.5. The maximum atomic E-state index is 12.4. The molecule has 1 aromatic heterocycles. The minimum absolute atomic E-state index is 0.0304. The van der Waals surface area contributed by atoms with Crippen molar-refractivity contribution in [2.24, 2.45) is 0 Å². The van der Waals surface area contributed by atoms with E-state index < -0.39 is 0 Å². The zero-order valence-corrected chi connectivity index (χ0v) is 14.0. The van der Waals surface area contributed by atoms with Crippen molar-refractivity contribution < 1.29 is 14.2 Å². The van der Waals surface area contributed by atoms with E-state index in [2.05, 4.69) is 14.9 Å². The van der Waals surface area contributed by atoms with E-state index in [1.807, 2.05) is 6.07 Å². The van der Waals surface area contributed by atoms with E-state index >= 15 is 0 Å². The minimum Gasteiger partial charge on any atom is -0.370 e. The Labute approximate surface area is 143 Å². The van der Waals surface area contributed by atoms with Crippen LogP contribution in [0, 0.1) is 6.92 Å². The van der Waals surface area contributed by atoms with Crippen molar-refractivity contribution >= 4 is 29.1 Å². The summed E-state index contributed by atoms with van der Waals surface area (Å²) in [4.78, 5) is 14.2. The smallest absolute Gasteiger partial charge is 0.228 e. The molecule has 1 unspecified atom stereocenters. The van der Waals surface area contributed by atoms with Gasteiger partial charge in [0.2, 0.25) is 5.91 Å². The van der Waals surface area contributed by atoms with Gasteiger partial charge in [0.1, 0.15) is 17.5 Å². The van der Waals surface area contributed by atoms with Crippen LogP contribution in [-0.2, 0) is 16.0 Å². The first-order chi connectivity index (χ1) is 11.0. The Balaban J connectivity index is 1.69. The standard InChI is InChI=1S/C15H15Cl2N3O3/c1-9-13(19-23-18-9)7-15(21)20-4-5-22-14(8-20)10-2-3-11(16)12(17)6-10/h2-3,6,14H,4-5,7-8H2,1H3. The third-order valence-electron chi connectivity index (χ3n) is 3.80. The second-order valence-electron chi connectivity index (χ2n) is 5.35. The van der Waals surface area contributed by atoms with E-state index in [1.54, 1.807) is 24.0 Å². The first-order valence-electron chi connectivity index (χ1n) is 7.17. The number of carbonyl (C=O) groups is 1. The number of carbonyl (C=O) groups excluding carboxylic acids is 1. The number of nitrogens with zero attached hydrogens (tertiary/aromatic N) is 3. The predicted molar refractivity (Wildman–Crippen MR) is 84.5 cm³/mol. The number of benzene rings is 1. The molecule has 1 saturated heterocycles. The fraction of sp³-hybridized carbons (Fsp3) is 0.400. The lowest BCUT2D eigenvalue weighted by molar-refractivity contribution is -0.138. The summed E-state index contributed by atoms with van der Waals surface area (Å²) in [5, 5.41) is 8.41. The van der Waals surface area contributed by atoms with Gasteiger partial charge in [-0.15, -0.1) is 0 Å². The molecular weight excluding hydrogens is 341 g/mol. The lowest BCUT2D eigenvalue weighted by atomic mass is 10.1. The highest BCUT2D eigenvalue weighted by Crippen LogP contribution is 2.29. The quantitative estimate of drug-likeness (QED) is 0.846. The van der Waals surface area contributed by atoms with Crippen LogP contribution in [0.5, 0.6) is 0 Å². The largest absolute Gasteiger partial charge is 0.370 e. The molecule has 1 fully saturated rings. The van der Waals surface area contributed by atoms with Crippen LogP contribution < -0.4 is 0 Å². The van der Waals surface area contributed by atoms with E-state index in [0.717, 1.165) is 5.56 Å². The summed E-state index contributed by atoms with van der Waals surface area (Å²) in [7, 11) is 0. The molecule has 0 saturated carbocycles. The van der Waals surface area contributed by atoms with Gasteiger partial charge in [-0.3, -0.25) is 4.79 Å². The highest BCUT2D eigenvalue weighted by molar-refractivity contribution is 6.42. The predicted octanol–water partition coefficient (Wildman–Crippen LogP) is 2.83. The molecule has 0 aliphatic carbocycles. The van der Waals surface area contributed by atoms with Crippen molar-refractivity contribution in [3.63, 3.8) is 0 Å². The number of halogens is 2. The van der Waals surface area contributed by atoms with Gasteiger partial charge in [0.15, 0.2) is 0 Å². The maximum Gasteiger partial charge on any atom is 0.228 e. The lowest BCUT2D eigenvalue weighted by Crippen LogP contribution is -2.43. The summed E-state index contributed by atoms with van der Waals surface area (Å²) in [6, 6.07) is 5.36. The normalized spacial score (nSPS) is 18.2. The summed E-state index contributed by atoms with van der Waals surface area (Å²) in [5.74, 6) is -0.0304. The van der Waals surface area contributed by atoms with Gasteiger partial charge in [-0.05, 0) is 24.6 Å². The number of aromatic nitrogens is 2. The van der Waals surface area contributed by atoms with Crippen LogP contribution in [0.3, 0.4) is 0 Å². The van der Waals surface area contributed by atoms with Crippen molar-refractivity contribution in [2.45, 2.75) is 19.4 Å². The summed E-state index contributed by atoms with van der Waals surface area (Å²) in [6.45, 7) is 3.23. The number of hydrogen-bond acceptors (Lipinski definition) is 5. The van der Waals surface area contributed by atoms with Crippen molar-refractivity contribution in [1.29, 1.82) is 0 Å². The molecule has 1 aliphatic rings. The van der Waals surface area contributed by atoms with E-state index in [-0.39, 0.29) is 18.4 Å². The highest BCUT2D eigenvalue weighted by Gasteiger charge is 2.26. The van der Waals surface area contributed by atoms with Crippen LogP contribution in [0.15, 0.2) is 22.8 Å². The number of morpholine rings is 1. The molecule has 0 bridgehead atoms. The molecular formula is C15H15Cl2N3O3. The topological polar surface area (TPSA) is 68.5 Å². The molecule has 3 rings (SSSR count). The van der Waals surface area contributed by atoms with Crippen LogP contribution in [-0.4, -0.2) is 40.8 Å². The molecule has 1 amide bonds. The maximum absolute atomic E-state index is 12.4. The third kappa shape index (κ3) is 3.65. The Hall–Kier alpha value is -1.63. The molecule has 1 atom stereocenters. The first kappa shape index (κ1) is 16.2. The summed E-state index contributed by atoms with van der Waals surface area (Å²) >= 11 is 12.0. The summed E-state index contributed by atoms with van der Waals surface area (Å²) in [5.41, 5.74) is 2.09. The average Bonchev–Trinajstić information content (AvgIpc) is 2.95. The SMILES string of the molecule is Cc1nonc1CC(=O)N1CCOC(c2ccc(Cl)c(Cl)c2)C1. The van der Waals surface area contributed by atoms with E-state index in [9.17, 15) is 4.79 Å². The third-order valence-corrected chi connectivity index (χ3v) is 4.54. The molecule has 0 N–H and O–H groups in total. The van der Waals surface area contributed by atoms with Crippen molar-refractivity contribution in [3.05, 3.63) is 45.2 Å². The Bertz CT molecular complexity index is 720. The molecule has 0 spiro atoms. The minimum atomic E-state index is -0.223. The molecule has 1 aromatic carbocycles. The monoisotopic (exact) mass is 355 g/mol.